The summed E-state index contributed by atoms with van der Waals surface area (Å²) in [6.07, 6.45) is -0.0851. The van der Waals surface area contributed by atoms with Crippen LogP contribution in [0.25, 0.3) is 5.53 Å². The third kappa shape index (κ3) is 4.37. The van der Waals surface area contributed by atoms with Gasteiger partial charge in [0, 0.05) is 0 Å². The monoisotopic (exact) mass is 128 g/mol. The topological polar surface area (TPSA) is 90.8 Å². The molecule has 48 valence electrons. The van der Waals surface area contributed by atoms with Gasteiger partial charge >= 0.3 is 12.2 Å². The zero-order valence-electron chi connectivity index (χ0n) is 4.44. The summed E-state index contributed by atoms with van der Waals surface area (Å²) < 4.78 is 0. The molecule has 0 heterocycles. The summed E-state index contributed by atoms with van der Waals surface area (Å²) in [5, 5.41) is 7.95. The Hall–Kier alpha value is -1.48. The zero-order chi connectivity index (χ0) is 7.28. The average molecular weight is 128 g/mol. The minimum atomic E-state index is -1.24. The minimum Gasteiger partial charge on any atom is -0.481 e. The maximum absolute atomic E-state index is 10.2. The van der Waals surface area contributed by atoms with Gasteiger partial charge in [-0.3, -0.25) is 9.59 Å². The molecule has 0 aromatic carbocycles. The fraction of sp³-hybridized carbons (Fsp3) is 0.250. The average Bonchev–Trinajstić information content (AvgIpc) is 1.63. The van der Waals surface area contributed by atoms with Crippen LogP contribution in [0.1, 0.15) is 6.42 Å². The molecule has 0 radical (unpaired) electrons. The number of carboxylic acids is 1. The van der Waals surface area contributed by atoms with Crippen molar-refractivity contribution < 1.29 is 19.5 Å². The van der Waals surface area contributed by atoms with Crippen molar-refractivity contribution in [3.8, 4) is 0 Å². The molecule has 0 fully saturated rings. The Morgan fingerprint density at radius 1 is 1.67 bits per heavy atom. The van der Waals surface area contributed by atoms with E-state index in [-0.39, 0.29) is 0 Å². The van der Waals surface area contributed by atoms with E-state index in [1.54, 1.807) is 0 Å². The molecule has 9 heavy (non-hydrogen) atoms. The second kappa shape index (κ2) is 3.51. The molecule has 0 atom stereocenters. The van der Waals surface area contributed by atoms with Crippen LogP contribution in [0.4, 0.5) is 0 Å². The lowest BCUT2D eigenvalue weighted by molar-refractivity contribution is -0.139. The number of ketones is 1. The van der Waals surface area contributed by atoms with Gasteiger partial charge in [-0.25, -0.2) is 0 Å². The van der Waals surface area contributed by atoms with Crippen LogP contribution >= 0.6 is 0 Å². The van der Waals surface area contributed by atoms with E-state index in [1.807, 2.05) is 0 Å². The number of Topliss-reactive ketones (excluding diaryl/α,β-unsaturated/α-hetero) is 1. The number of nitrogens with zero attached hydrogens (tertiary/aromatic N) is 2. The summed E-state index contributed by atoms with van der Waals surface area (Å²) in [6, 6.07) is 0. The van der Waals surface area contributed by atoms with Crippen LogP contribution in [0.5, 0.6) is 0 Å². The molecule has 1 N–H and O–H groups in total. The summed E-state index contributed by atoms with van der Waals surface area (Å²) in [5.41, 5.74) is 7.71. The highest BCUT2D eigenvalue weighted by atomic mass is 16.4. The van der Waals surface area contributed by atoms with Gasteiger partial charge in [0.2, 0.25) is 5.78 Å². The predicted molar refractivity (Wildman–Crippen MR) is 26.9 cm³/mol. The number of carbonyl (C=O) groups excluding carboxylic acids is 1. The van der Waals surface area contributed by atoms with Crippen molar-refractivity contribution in [2.24, 2.45) is 0 Å². The summed E-state index contributed by atoms with van der Waals surface area (Å²) in [7, 11) is 0. The first-order chi connectivity index (χ1) is 4.16. The van der Waals surface area contributed by atoms with Crippen molar-refractivity contribution in [3.05, 3.63) is 5.53 Å². The van der Waals surface area contributed by atoms with Gasteiger partial charge in [0.15, 0.2) is 0 Å². The number of carbonyl (C=O) groups is 2. The SMILES string of the molecule is [N-]=[N+]=CC(=O)CC(=O)O. The fourth-order valence-corrected chi connectivity index (χ4v) is 0.259. The molecule has 0 aliphatic carbocycles. The Morgan fingerprint density at radius 3 is 2.56 bits per heavy atom. The van der Waals surface area contributed by atoms with Gasteiger partial charge in [-0.05, 0) is 0 Å². The molecule has 0 aromatic rings. The van der Waals surface area contributed by atoms with Crippen LogP contribution in [-0.4, -0.2) is 27.9 Å². The molecule has 0 rings (SSSR count). The summed E-state index contributed by atoms with van der Waals surface area (Å²) >= 11 is 0. The molecule has 0 aliphatic heterocycles. The summed E-state index contributed by atoms with van der Waals surface area (Å²) in [4.78, 5) is 22.2. The van der Waals surface area contributed by atoms with Crippen molar-refractivity contribution in [1.82, 2.24) is 0 Å². The lowest BCUT2D eigenvalue weighted by Crippen LogP contribution is -2.07. The van der Waals surface area contributed by atoms with E-state index in [2.05, 4.69) is 4.79 Å². The maximum atomic E-state index is 10.2. The minimum absolute atomic E-state index is 0.550. The van der Waals surface area contributed by atoms with Crippen LogP contribution in [0.3, 0.4) is 0 Å². The standard InChI is InChI=1S/C4H4N2O3/c5-6-2-3(7)1-4(8)9/h2H,1H2,(H,8,9). The van der Waals surface area contributed by atoms with E-state index in [1.165, 1.54) is 0 Å². The van der Waals surface area contributed by atoms with Crippen LogP contribution in [0.2, 0.25) is 0 Å². The number of carboxylic acid groups (broad SMARTS) is 1. The number of aliphatic carboxylic acids is 1. The fourth-order valence-electron chi connectivity index (χ4n) is 0.259. The van der Waals surface area contributed by atoms with Crippen LogP contribution < -0.4 is 0 Å². The normalized spacial score (nSPS) is 7.56. The molecular formula is C4H4N2O3. The van der Waals surface area contributed by atoms with E-state index in [9.17, 15) is 9.59 Å². The highest BCUT2D eigenvalue weighted by Crippen LogP contribution is 1.76. The second-order valence-corrected chi connectivity index (χ2v) is 1.28. The highest BCUT2D eigenvalue weighted by molar-refractivity contribution is 6.29. The third-order valence-electron chi connectivity index (χ3n) is 0.527. The first-order valence-electron chi connectivity index (χ1n) is 2.09. The first kappa shape index (κ1) is 7.52. The number of hydrogen-bond acceptors (Lipinski definition) is 2. The summed E-state index contributed by atoms with van der Waals surface area (Å²) in [5.74, 6) is -1.97. The van der Waals surface area contributed by atoms with Crippen molar-refractivity contribution in [2.75, 3.05) is 0 Å². The van der Waals surface area contributed by atoms with Gasteiger partial charge < -0.3 is 10.6 Å². The summed E-state index contributed by atoms with van der Waals surface area (Å²) in [6.45, 7) is 0. The quantitative estimate of drug-likeness (QED) is 0.236. The highest BCUT2D eigenvalue weighted by Gasteiger charge is 2.07. The van der Waals surface area contributed by atoms with Crippen LogP contribution in [0, 0.1) is 0 Å². The molecule has 5 heteroatoms. The smallest absolute Gasteiger partial charge is 0.323 e. The molecule has 0 amide bonds. The molecule has 0 aromatic heterocycles. The van der Waals surface area contributed by atoms with Gasteiger partial charge in [-0.1, -0.05) is 0 Å². The van der Waals surface area contributed by atoms with E-state index in [4.69, 9.17) is 10.6 Å². The van der Waals surface area contributed by atoms with Crippen molar-refractivity contribution in [3.63, 3.8) is 0 Å². The molecular weight excluding hydrogens is 124 g/mol. The Kier molecular flexibility index (Phi) is 2.94. The van der Waals surface area contributed by atoms with Gasteiger partial charge in [0.25, 0.3) is 0 Å². The maximum Gasteiger partial charge on any atom is 0.323 e. The molecule has 5 nitrogen and oxygen atoms in total. The molecule has 0 spiro atoms. The lowest BCUT2D eigenvalue weighted by Gasteiger charge is -1.78. The van der Waals surface area contributed by atoms with E-state index >= 15 is 0 Å². The van der Waals surface area contributed by atoms with Crippen LogP contribution in [-0.2, 0) is 9.59 Å². The zero-order valence-corrected chi connectivity index (χ0v) is 4.44. The van der Waals surface area contributed by atoms with Gasteiger partial charge in [-0.15, -0.1) is 0 Å². The van der Waals surface area contributed by atoms with Gasteiger partial charge in [0.1, 0.15) is 6.42 Å². The largest absolute Gasteiger partial charge is 0.481 e. The Morgan fingerprint density at radius 2 is 2.22 bits per heavy atom. The molecule has 0 unspecified atom stereocenters. The van der Waals surface area contributed by atoms with Crippen LogP contribution in [0.15, 0.2) is 0 Å². The number of hydrogen-bond donors (Lipinski definition) is 1. The number of rotatable bonds is 3. The molecule has 0 saturated heterocycles. The molecule has 0 aliphatic rings. The molecule has 0 saturated carbocycles. The van der Waals surface area contributed by atoms with Crippen molar-refractivity contribution >= 4 is 18.0 Å². The Labute approximate surface area is 50.5 Å². The first-order valence-corrected chi connectivity index (χ1v) is 2.09. The second-order valence-electron chi connectivity index (χ2n) is 1.28. The van der Waals surface area contributed by atoms with Crippen molar-refractivity contribution in [2.45, 2.75) is 6.42 Å². The van der Waals surface area contributed by atoms with Crippen molar-refractivity contribution in [1.29, 1.82) is 0 Å². The van der Waals surface area contributed by atoms with Gasteiger partial charge in [-0.2, -0.15) is 4.79 Å². The van der Waals surface area contributed by atoms with E-state index in [0.717, 1.165) is 0 Å². The third-order valence-corrected chi connectivity index (χ3v) is 0.527. The molecule has 0 bridgehead atoms. The van der Waals surface area contributed by atoms with Gasteiger partial charge in [0.05, 0.1) is 0 Å². The van der Waals surface area contributed by atoms with E-state index < -0.39 is 18.2 Å². The van der Waals surface area contributed by atoms with E-state index in [0.29, 0.717) is 6.21 Å². The lowest BCUT2D eigenvalue weighted by atomic mass is 10.3. The predicted octanol–water partition coefficient (Wildman–Crippen LogP) is -0.669. The Bertz CT molecular complexity index is 180. The Balaban J connectivity index is 3.78.